The van der Waals surface area contributed by atoms with Crippen molar-refractivity contribution in [1.29, 1.82) is 0 Å². The molecule has 2 unspecified atom stereocenters. The van der Waals surface area contributed by atoms with Crippen LogP contribution in [0.4, 0.5) is 4.79 Å². The summed E-state index contributed by atoms with van der Waals surface area (Å²) in [6.07, 6.45) is 5.17. The Bertz CT molecular complexity index is 1060. The first-order chi connectivity index (χ1) is 17.0. The molecule has 7 nitrogen and oxygen atoms in total. The lowest BCUT2D eigenvalue weighted by Crippen LogP contribution is -2.47. The summed E-state index contributed by atoms with van der Waals surface area (Å²) in [4.78, 5) is 37.1. The van der Waals surface area contributed by atoms with E-state index in [1.807, 2.05) is 24.3 Å². The van der Waals surface area contributed by atoms with E-state index in [4.69, 9.17) is 4.74 Å². The molecule has 0 radical (unpaired) electrons. The SMILES string of the molecule is O=C(CC(NC(=O)OCC1c2ccccc2-c2ccccc21)C1CCCC1)NC(C(=O)O)C1CC1. The maximum absolute atomic E-state index is 12.9. The van der Waals surface area contributed by atoms with Crippen molar-refractivity contribution in [1.82, 2.24) is 10.6 Å². The minimum absolute atomic E-state index is 0.0106. The van der Waals surface area contributed by atoms with E-state index in [0.717, 1.165) is 49.7 Å². The van der Waals surface area contributed by atoms with Gasteiger partial charge in [-0.1, -0.05) is 61.4 Å². The molecule has 0 aromatic heterocycles. The Kier molecular flexibility index (Phi) is 6.75. The minimum atomic E-state index is -0.997. The molecule has 2 atom stereocenters. The van der Waals surface area contributed by atoms with E-state index >= 15 is 0 Å². The molecule has 0 bridgehead atoms. The van der Waals surface area contributed by atoms with Crippen molar-refractivity contribution >= 4 is 18.0 Å². The van der Waals surface area contributed by atoms with E-state index in [9.17, 15) is 19.5 Å². The molecule has 0 spiro atoms. The van der Waals surface area contributed by atoms with Gasteiger partial charge in [0, 0.05) is 18.4 Å². The first-order valence-corrected chi connectivity index (χ1v) is 12.6. The van der Waals surface area contributed by atoms with Crippen LogP contribution in [0.3, 0.4) is 0 Å². The molecule has 5 rings (SSSR count). The Morgan fingerprint density at radius 2 is 1.46 bits per heavy atom. The molecule has 3 aliphatic carbocycles. The summed E-state index contributed by atoms with van der Waals surface area (Å²) in [6, 6.07) is 15.1. The second-order valence-corrected chi connectivity index (χ2v) is 10.0. The van der Waals surface area contributed by atoms with Crippen LogP contribution in [0.1, 0.15) is 62.0 Å². The zero-order chi connectivity index (χ0) is 24.4. The average Bonchev–Trinajstić information content (AvgIpc) is 3.43. The Morgan fingerprint density at radius 1 is 0.857 bits per heavy atom. The van der Waals surface area contributed by atoms with Gasteiger partial charge in [0.15, 0.2) is 0 Å². The van der Waals surface area contributed by atoms with Crippen LogP contribution in [0.25, 0.3) is 11.1 Å². The molecule has 184 valence electrons. The van der Waals surface area contributed by atoms with E-state index in [0.29, 0.717) is 0 Å². The normalized spacial score (nSPS) is 18.9. The lowest BCUT2D eigenvalue weighted by molar-refractivity contribution is -0.142. The molecule has 0 heterocycles. The number of amides is 2. The molecule has 3 N–H and O–H groups in total. The van der Waals surface area contributed by atoms with Crippen molar-refractivity contribution in [2.45, 2.75) is 62.9 Å². The molecular formula is C28H32N2O5. The van der Waals surface area contributed by atoms with Crippen LogP contribution in [-0.4, -0.2) is 41.8 Å². The number of carbonyl (C=O) groups is 3. The summed E-state index contributed by atoms with van der Waals surface area (Å²) in [5.74, 6) is -1.17. The van der Waals surface area contributed by atoms with Gasteiger partial charge in [-0.15, -0.1) is 0 Å². The van der Waals surface area contributed by atoms with Gasteiger partial charge in [0.25, 0.3) is 0 Å². The van der Waals surface area contributed by atoms with Crippen molar-refractivity contribution in [3.05, 3.63) is 59.7 Å². The van der Waals surface area contributed by atoms with Gasteiger partial charge < -0.3 is 20.5 Å². The standard InChI is InChI=1S/C28H32N2O5/c31-25(30-26(27(32)33)18-13-14-18)15-24(17-7-1-2-8-17)29-28(34)35-16-23-21-11-5-3-9-19(21)20-10-4-6-12-22(20)23/h3-6,9-12,17-18,23-24,26H,1-2,7-8,13-16H2,(H,29,34)(H,30,31)(H,32,33). The van der Waals surface area contributed by atoms with E-state index in [-0.39, 0.29) is 42.7 Å². The lowest BCUT2D eigenvalue weighted by atomic mass is 9.95. The number of hydrogen-bond donors (Lipinski definition) is 3. The van der Waals surface area contributed by atoms with Crippen molar-refractivity contribution < 1.29 is 24.2 Å². The highest BCUT2D eigenvalue weighted by Crippen LogP contribution is 2.44. The molecule has 2 amide bonds. The quantitative estimate of drug-likeness (QED) is 0.496. The average molecular weight is 477 g/mol. The van der Waals surface area contributed by atoms with E-state index in [1.54, 1.807) is 0 Å². The van der Waals surface area contributed by atoms with Gasteiger partial charge in [-0.3, -0.25) is 4.79 Å². The maximum atomic E-state index is 12.9. The lowest BCUT2D eigenvalue weighted by Gasteiger charge is -2.25. The van der Waals surface area contributed by atoms with Crippen LogP contribution in [0, 0.1) is 11.8 Å². The second kappa shape index (κ2) is 10.1. The van der Waals surface area contributed by atoms with Crippen molar-refractivity contribution in [3.63, 3.8) is 0 Å². The van der Waals surface area contributed by atoms with Gasteiger partial charge in [0.2, 0.25) is 5.91 Å². The van der Waals surface area contributed by atoms with Gasteiger partial charge in [-0.05, 0) is 59.8 Å². The van der Waals surface area contributed by atoms with Crippen LogP contribution in [0.5, 0.6) is 0 Å². The van der Waals surface area contributed by atoms with E-state index in [1.165, 1.54) is 11.1 Å². The molecule has 3 aliphatic rings. The van der Waals surface area contributed by atoms with Crippen LogP contribution in [0.15, 0.2) is 48.5 Å². The first kappa shape index (κ1) is 23.4. The zero-order valence-corrected chi connectivity index (χ0v) is 19.7. The largest absolute Gasteiger partial charge is 0.480 e. The first-order valence-electron chi connectivity index (χ1n) is 12.6. The Balaban J connectivity index is 1.22. The van der Waals surface area contributed by atoms with Gasteiger partial charge >= 0.3 is 12.1 Å². The number of benzene rings is 2. The van der Waals surface area contributed by atoms with Crippen molar-refractivity contribution in [2.75, 3.05) is 6.61 Å². The number of carbonyl (C=O) groups excluding carboxylic acids is 2. The number of rotatable bonds is 9. The Morgan fingerprint density at radius 3 is 2.03 bits per heavy atom. The number of alkyl carbamates (subject to hydrolysis) is 1. The maximum Gasteiger partial charge on any atom is 0.407 e. The Hall–Kier alpha value is -3.35. The summed E-state index contributed by atoms with van der Waals surface area (Å²) in [6.45, 7) is 0.214. The smallest absolute Gasteiger partial charge is 0.407 e. The zero-order valence-electron chi connectivity index (χ0n) is 19.7. The highest BCUT2D eigenvalue weighted by molar-refractivity contribution is 5.85. The summed E-state index contributed by atoms with van der Waals surface area (Å²) in [7, 11) is 0. The van der Waals surface area contributed by atoms with E-state index < -0.39 is 18.1 Å². The number of nitrogens with one attached hydrogen (secondary N) is 2. The number of carboxylic acids is 1. The fraction of sp³-hybridized carbons (Fsp3) is 0.464. The third-order valence-electron chi connectivity index (χ3n) is 7.70. The third-order valence-corrected chi connectivity index (χ3v) is 7.70. The molecular weight excluding hydrogens is 444 g/mol. The van der Waals surface area contributed by atoms with Gasteiger partial charge in [-0.25, -0.2) is 9.59 Å². The van der Waals surface area contributed by atoms with E-state index in [2.05, 4.69) is 34.9 Å². The summed E-state index contributed by atoms with van der Waals surface area (Å²) in [5.41, 5.74) is 4.63. The number of fused-ring (bicyclic) bond motifs is 3. The third kappa shape index (κ3) is 5.19. The van der Waals surface area contributed by atoms with Gasteiger partial charge in [0.1, 0.15) is 12.6 Å². The van der Waals surface area contributed by atoms with Crippen LogP contribution < -0.4 is 10.6 Å². The fourth-order valence-electron chi connectivity index (χ4n) is 5.73. The molecule has 0 aliphatic heterocycles. The molecule has 2 saturated carbocycles. The molecule has 2 aromatic carbocycles. The topological polar surface area (TPSA) is 105 Å². The molecule has 7 heteroatoms. The summed E-state index contributed by atoms with van der Waals surface area (Å²) in [5, 5.41) is 15.0. The predicted molar refractivity (Wildman–Crippen MR) is 131 cm³/mol. The summed E-state index contributed by atoms with van der Waals surface area (Å²) >= 11 is 0. The molecule has 0 saturated heterocycles. The van der Waals surface area contributed by atoms with Crippen LogP contribution in [-0.2, 0) is 14.3 Å². The molecule has 2 fully saturated rings. The number of carboxylic acid groups (broad SMARTS) is 1. The highest BCUT2D eigenvalue weighted by atomic mass is 16.5. The van der Waals surface area contributed by atoms with Gasteiger partial charge in [0.05, 0.1) is 0 Å². The summed E-state index contributed by atoms with van der Waals surface area (Å²) < 4.78 is 5.70. The minimum Gasteiger partial charge on any atom is -0.480 e. The van der Waals surface area contributed by atoms with Crippen molar-refractivity contribution in [3.8, 4) is 11.1 Å². The number of ether oxygens (including phenoxy) is 1. The Labute approximate surface area is 205 Å². The van der Waals surface area contributed by atoms with Crippen LogP contribution in [0.2, 0.25) is 0 Å². The fourth-order valence-corrected chi connectivity index (χ4v) is 5.73. The van der Waals surface area contributed by atoms with Gasteiger partial charge in [-0.2, -0.15) is 0 Å². The number of aliphatic carboxylic acids is 1. The van der Waals surface area contributed by atoms with Crippen molar-refractivity contribution in [2.24, 2.45) is 11.8 Å². The number of hydrogen-bond acceptors (Lipinski definition) is 4. The van der Waals surface area contributed by atoms with Crippen LogP contribution >= 0.6 is 0 Å². The second-order valence-electron chi connectivity index (χ2n) is 10.0. The molecule has 2 aromatic rings. The monoisotopic (exact) mass is 476 g/mol. The highest BCUT2D eigenvalue weighted by Gasteiger charge is 2.38. The predicted octanol–water partition coefficient (Wildman–Crippen LogP) is 4.45. The molecule has 35 heavy (non-hydrogen) atoms.